The van der Waals surface area contributed by atoms with Gasteiger partial charge in [-0.3, -0.25) is 19.7 Å². The molecule has 0 aliphatic carbocycles. The summed E-state index contributed by atoms with van der Waals surface area (Å²) in [5.74, 6) is -1.03. The van der Waals surface area contributed by atoms with Gasteiger partial charge in [-0.15, -0.1) is 0 Å². The van der Waals surface area contributed by atoms with Crippen LogP contribution in [0.25, 0.3) is 5.65 Å². The van der Waals surface area contributed by atoms with E-state index in [-0.39, 0.29) is 17.6 Å². The van der Waals surface area contributed by atoms with Gasteiger partial charge >= 0.3 is 5.56 Å². The van der Waals surface area contributed by atoms with Crippen LogP contribution in [0.4, 0.5) is 4.39 Å². The van der Waals surface area contributed by atoms with Gasteiger partial charge in [0.1, 0.15) is 5.69 Å². The maximum Gasteiger partial charge on any atom is 0.308 e. The van der Waals surface area contributed by atoms with E-state index in [0.717, 1.165) is 23.8 Å². The molecule has 26 heavy (non-hydrogen) atoms. The Balaban J connectivity index is 1.75. The number of rotatable bonds is 2. The van der Waals surface area contributed by atoms with Gasteiger partial charge in [0.15, 0.2) is 5.65 Å². The Morgan fingerprint density at radius 1 is 1.35 bits per heavy atom. The average Bonchev–Trinajstić information content (AvgIpc) is 3.10. The lowest BCUT2D eigenvalue weighted by Crippen LogP contribution is -2.39. The number of amides is 1. The van der Waals surface area contributed by atoms with Crippen molar-refractivity contribution in [1.29, 1.82) is 0 Å². The van der Waals surface area contributed by atoms with Crippen LogP contribution >= 0.6 is 0 Å². The highest BCUT2D eigenvalue weighted by Gasteiger charge is 2.31. The lowest BCUT2D eigenvalue weighted by atomic mass is 9.99. The molecule has 0 aromatic carbocycles. The predicted molar refractivity (Wildman–Crippen MR) is 92.4 cm³/mol. The largest absolute Gasteiger partial charge is 0.329 e. The van der Waals surface area contributed by atoms with Gasteiger partial charge in [0.2, 0.25) is 5.82 Å². The Labute approximate surface area is 148 Å². The number of piperidine rings is 1. The van der Waals surface area contributed by atoms with Gasteiger partial charge < -0.3 is 4.90 Å². The van der Waals surface area contributed by atoms with Gasteiger partial charge in [-0.1, -0.05) is 6.07 Å². The number of hydrogen-bond donors (Lipinski definition) is 1. The monoisotopic (exact) mass is 355 g/mol. The summed E-state index contributed by atoms with van der Waals surface area (Å²) in [6, 6.07) is 6.70. The van der Waals surface area contributed by atoms with E-state index >= 15 is 0 Å². The van der Waals surface area contributed by atoms with E-state index in [2.05, 4.69) is 15.1 Å². The number of H-pyrrole nitrogens is 1. The predicted octanol–water partition coefficient (Wildman–Crippen LogP) is 2.23. The highest BCUT2D eigenvalue weighted by Crippen LogP contribution is 2.31. The molecular weight excluding hydrogens is 337 g/mol. The van der Waals surface area contributed by atoms with Crippen LogP contribution in [-0.4, -0.2) is 36.9 Å². The van der Waals surface area contributed by atoms with E-state index in [9.17, 15) is 14.0 Å². The van der Waals surface area contributed by atoms with Gasteiger partial charge in [-0.05, 0) is 38.3 Å². The first kappa shape index (κ1) is 16.4. The average molecular weight is 355 g/mol. The van der Waals surface area contributed by atoms with Crippen molar-refractivity contribution in [1.82, 2.24) is 24.5 Å². The van der Waals surface area contributed by atoms with Crippen molar-refractivity contribution in [3.63, 3.8) is 0 Å². The molecule has 1 aliphatic heterocycles. The van der Waals surface area contributed by atoms with E-state index in [1.54, 1.807) is 35.4 Å². The molecule has 0 bridgehead atoms. The Kier molecular flexibility index (Phi) is 4.02. The van der Waals surface area contributed by atoms with Gasteiger partial charge in [0.25, 0.3) is 5.91 Å². The molecule has 4 rings (SSSR count). The van der Waals surface area contributed by atoms with Crippen molar-refractivity contribution in [2.24, 2.45) is 0 Å². The topological polar surface area (TPSA) is 83.4 Å². The number of carbonyl (C=O) groups excluding carboxylic acids is 1. The Morgan fingerprint density at radius 2 is 2.19 bits per heavy atom. The second kappa shape index (κ2) is 6.36. The summed E-state index contributed by atoms with van der Waals surface area (Å²) in [5.41, 5.74) is 0.693. The summed E-state index contributed by atoms with van der Waals surface area (Å²) in [7, 11) is 0. The maximum absolute atomic E-state index is 13.8. The minimum absolute atomic E-state index is 0.0608. The molecule has 0 radical (unpaired) electrons. The van der Waals surface area contributed by atoms with Gasteiger partial charge in [0, 0.05) is 18.8 Å². The minimum atomic E-state index is -0.874. The van der Waals surface area contributed by atoms with Crippen LogP contribution < -0.4 is 5.56 Å². The summed E-state index contributed by atoms with van der Waals surface area (Å²) < 4.78 is 14.9. The zero-order valence-corrected chi connectivity index (χ0v) is 14.3. The minimum Gasteiger partial charge on any atom is -0.329 e. The Bertz CT molecular complexity index is 1030. The van der Waals surface area contributed by atoms with E-state index in [1.807, 2.05) is 0 Å². The molecule has 1 atom stereocenters. The van der Waals surface area contributed by atoms with Gasteiger partial charge in [0.05, 0.1) is 17.4 Å². The fraction of sp³-hybridized carbons (Fsp3) is 0.333. The molecule has 1 aliphatic rings. The summed E-state index contributed by atoms with van der Waals surface area (Å²) in [6.45, 7) is 2.06. The molecule has 1 fully saturated rings. The van der Waals surface area contributed by atoms with Crippen LogP contribution in [-0.2, 0) is 0 Å². The second-order valence-corrected chi connectivity index (χ2v) is 6.45. The van der Waals surface area contributed by atoms with Crippen LogP contribution in [0.15, 0.2) is 35.3 Å². The maximum atomic E-state index is 13.8. The van der Waals surface area contributed by atoms with Crippen molar-refractivity contribution in [2.45, 2.75) is 32.2 Å². The van der Waals surface area contributed by atoms with Crippen LogP contribution in [0.2, 0.25) is 0 Å². The molecular formula is C18H18FN5O2. The molecule has 0 saturated carbocycles. The molecule has 0 spiro atoms. The van der Waals surface area contributed by atoms with Gasteiger partial charge in [-0.2, -0.15) is 8.91 Å². The van der Waals surface area contributed by atoms with Crippen LogP contribution in [0.1, 0.15) is 47.2 Å². The summed E-state index contributed by atoms with van der Waals surface area (Å²) in [5, 5.41) is 2.93. The molecule has 1 N–H and O–H groups in total. The number of aromatic nitrogens is 4. The molecule has 1 amide bonds. The number of nitrogens with one attached hydrogen (secondary N) is 1. The smallest absolute Gasteiger partial charge is 0.308 e. The third kappa shape index (κ3) is 2.67. The van der Waals surface area contributed by atoms with E-state index in [4.69, 9.17) is 0 Å². The lowest BCUT2D eigenvalue weighted by molar-refractivity contribution is 0.0599. The molecule has 1 unspecified atom stereocenters. The standard InChI is InChI=1S/C18H18FN5O2/c1-11-16(19)18(26)24-15(21-11)10-13(22-24)14-7-3-5-9-23(14)17(25)12-6-2-4-8-20-12/h2,4,6,8,10,14,22H,3,5,7,9H2,1H3. The summed E-state index contributed by atoms with van der Waals surface area (Å²) >= 11 is 0. The van der Waals surface area contributed by atoms with E-state index in [1.165, 1.54) is 6.92 Å². The SMILES string of the molecule is Cc1nc2cc(C3CCCCN3C(=O)c3ccccn3)[nH]n2c(=O)c1F. The van der Waals surface area contributed by atoms with Crippen molar-refractivity contribution < 1.29 is 9.18 Å². The molecule has 7 nitrogen and oxygen atoms in total. The Hall–Kier alpha value is -3.03. The first-order valence-corrected chi connectivity index (χ1v) is 8.56. The van der Waals surface area contributed by atoms with Crippen molar-refractivity contribution in [3.8, 4) is 0 Å². The number of aryl methyl sites for hydroxylation is 1. The summed E-state index contributed by atoms with van der Waals surface area (Å²) in [4.78, 5) is 35.0. The van der Waals surface area contributed by atoms with Crippen molar-refractivity contribution >= 4 is 11.6 Å². The van der Waals surface area contributed by atoms with Crippen LogP contribution in [0.3, 0.4) is 0 Å². The van der Waals surface area contributed by atoms with E-state index in [0.29, 0.717) is 23.6 Å². The first-order chi connectivity index (χ1) is 12.6. The third-order valence-corrected chi connectivity index (χ3v) is 4.75. The molecule has 3 aromatic heterocycles. The van der Waals surface area contributed by atoms with Crippen molar-refractivity contribution in [3.05, 3.63) is 63.7 Å². The molecule has 3 aromatic rings. The third-order valence-electron chi connectivity index (χ3n) is 4.75. The second-order valence-electron chi connectivity index (χ2n) is 6.45. The Morgan fingerprint density at radius 3 is 2.96 bits per heavy atom. The highest BCUT2D eigenvalue weighted by atomic mass is 19.1. The quantitative estimate of drug-likeness (QED) is 0.764. The fourth-order valence-electron chi connectivity index (χ4n) is 3.44. The number of carbonyl (C=O) groups is 1. The van der Waals surface area contributed by atoms with Crippen LogP contribution in [0.5, 0.6) is 0 Å². The van der Waals surface area contributed by atoms with Gasteiger partial charge in [-0.25, -0.2) is 4.98 Å². The lowest BCUT2D eigenvalue weighted by Gasteiger charge is -2.34. The number of nitrogens with zero attached hydrogens (tertiary/aromatic N) is 4. The molecule has 134 valence electrons. The van der Waals surface area contributed by atoms with Crippen molar-refractivity contribution in [2.75, 3.05) is 6.54 Å². The number of hydrogen-bond acceptors (Lipinski definition) is 4. The molecule has 8 heteroatoms. The number of likely N-dealkylation sites (tertiary alicyclic amines) is 1. The first-order valence-electron chi connectivity index (χ1n) is 8.56. The fourth-order valence-corrected chi connectivity index (χ4v) is 3.44. The zero-order chi connectivity index (χ0) is 18.3. The van der Waals surface area contributed by atoms with E-state index < -0.39 is 11.4 Å². The summed E-state index contributed by atoms with van der Waals surface area (Å²) in [6.07, 6.45) is 4.20. The molecule has 1 saturated heterocycles. The molecule has 4 heterocycles. The highest BCUT2D eigenvalue weighted by molar-refractivity contribution is 5.92. The number of aromatic amines is 1. The van der Waals surface area contributed by atoms with Crippen LogP contribution in [0, 0.1) is 12.7 Å². The zero-order valence-electron chi connectivity index (χ0n) is 14.3. The normalized spacial score (nSPS) is 17.6. The number of halogens is 1. The number of pyridine rings is 1. The number of fused-ring (bicyclic) bond motifs is 1.